The quantitative estimate of drug-likeness (QED) is 0.293. The summed E-state index contributed by atoms with van der Waals surface area (Å²) >= 11 is 0. The van der Waals surface area contributed by atoms with Gasteiger partial charge in [0, 0.05) is 7.05 Å². The molecule has 0 radical (unpaired) electrons. The van der Waals surface area contributed by atoms with Crippen LogP contribution < -0.4 is 5.32 Å². The number of likely N-dealkylation sites (N-methyl/N-ethyl adjacent to an activating group) is 1. The summed E-state index contributed by atoms with van der Waals surface area (Å²) in [5.74, 6) is -0.707. The lowest BCUT2D eigenvalue weighted by molar-refractivity contribution is -0.116. The third-order valence-electron chi connectivity index (χ3n) is 1.36. The van der Waals surface area contributed by atoms with Crippen LogP contribution in [-0.2, 0) is 4.79 Å². The maximum absolute atomic E-state index is 11.2. The maximum Gasteiger partial charge on any atom is 0.253 e. The van der Waals surface area contributed by atoms with E-state index in [4.69, 9.17) is 5.11 Å². The fourth-order valence-corrected chi connectivity index (χ4v) is 0.763. The number of amides is 1. The van der Waals surface area contributed by atoms with Gasteiger partial charge < -0.3 is 10.4 Å². The molecule has 1 amide bonds. The number of aliphatic imine (C=N–C) groups is 1. The van der Waals surface area contributed by atoms with E-state index in [2.05, 4.69) is 30.2 Å². The molecule has 0 atom stereocenters. The fraction of sp³-hybridized carbons (Fsp3) is 0.111. The first-order chi connectivity index (χ1) is 6.08. The van der Waals surface area contributed by atoms with Gasteiger partial charge in [-0.05, 0) is 6.72 Å². The molecule has 0 aromatic rings. The number of nitrogens with one attached hydrogen (secondary N) is 1. The summed E-state index contributed by atoms with van der Waals surface area (Å²) < 4.78 is 0. The molecule has 0 rings (SSSR count). The molecule has 0 aromatic heterocycles. The van der Waals surface area contributed by atoms with Crippen LogP contribution >= 0.6 is 0 Å². The number of hydrogen-bond acceptors (Lipinski definition) is 3. The lowest BCUT2D eigenvalue weighted by atomic mass is 10.1. The average Bonchev–Trinajstić information content (AvgIpc) is 2.12. The Morgan fingerprint density at radius 1 is 1.62 bits per heavy atom. The van der Waals surface area contributed by atoms with E-state index in [-0.39, 0.29) is 17.0 Å². The molecular formula is C9H12N2O2. The number of hydrogen-bond donors (Lipinski definition) is 2. The van der Waals surface area contributed by atoms with Gasteiger partial charge in [-0.1, -0.05) is 19.2 Å². The molecule has 0 heterocycles. The minimum Gasteiger partial charge on any atom is -0.506 e. The molecule has 70 valence electrons. The minimum absolute atomic E-state index is 0.0364. The van der Waals surface area contributed by atoms with Gasteiger partial charge in [0.15, 0.2) is 0 Å². The predicted octanol–water partition coefficient (Wildman–Crippen LogP) is 0.945. The first-order valence-corrected chi connectivity index (χ1v) is 3.52. The molecule has 4 nitrogen and oxygen atoms in total. The van der Waals surface area contributed by atoms with Crippen molar-refractivity contribution in [2.45, 2.75) is 0 Å². The Balaban J connectivity index is 5.29. The SMILES string of the molecule is C=C/C(C(=O)NC)=C(\N=C)C(=C)O. The largest absolute Gasteiger partial charge is 0.506 e. The van der Waals surface area contributed by atoms with Gasteiger partial charge in [-0.3, -0.25) is 9.79 Å². The van der Waals surface area contributed by atoms with E-state index in [1.165, 1.54) is 13.1 Å². The van der Waals surface area contributed by atoms with Crippen LogP contribution in [-0.4, -0.2) is 24.8 Å². The van der Waals surface area contributed by atoms with E-state index in [9.17, 15) is 4.79 Å². The molecule has 0 unspecified atom stereocenters. The standard InChI is InChI=1S/C9H12N2O2/c1-5-7(9(13)11-4)8(10-3)6(2)12/h5,12H,1-3H2,4H3,(H,11,13)/b8-7+. The van der Waals surface area contributed by atoms with Gasteiger partial charge in [0.05, 0.1) is 5.57 Å². The van der Waals surface area contributed by atoms with Crippen LogP contribution in [0.3, 0.4) is 0 Å². The summed E-state index contributed by atoms with van der Waals surface area (Å²) in [5.41, 5.74) is 0.180. The van der Waals surface area contributed by atoms with E-state index in [1.54, 1.807) is 0 Å². The second kappa shape index (κ2) is 4.92. The Bertz CT molecular complexity index is 290. The molecular weight excluding hydrogens is 168 g/mol. The Morgan fingerprint density at radius 3 is 2.38 bits per heavy atom. The highest BCUT2D eigenvalue weighted by Crippen LogP contribution is 2.13. The monoisotopic (exact) mass is 180 g/mol. The van der Waals surface area contributed by atoms with Crippen LogP contribution in [0.15, 0.2) is 41.3 Å². The summed E-state index contributed by atoms with van der Waals surface area (Å²) in [6.07, 6.45) is 1.28. The maximum atomic E-state index is 11.2. The first-order valence-electron chi connectivity index (χ1n) is 3.52. The molecule has 0 saturated heterocycles. The second-order valence-corrected chi connectivity index (χ2v) is 2.15. The van der Waals surface area contributed by atoms with Gasteiger partial charge in [0.1, 0.15) is 11.5 Å². The van der Waals surface area contributed by atoms with E-state index < -0.39 is 5.91 Å². The summed E-state index contributed by atoms with van der Waals surface area (Å²) in [6.45, 7) is 9.88. The van der Waals surface area contributed by atoms with Crippen LogP contribution in [0.2, 0.25) is 0 Å². The van der Waals surface area contributed by atoms with Gasteiger partial charge in [0.2, 0.25) is 0 Å². The zero-order valence-electron chi connectivity index (χ0n) is 7.50. The highest BCUT2D eigenvalue weighted by molar-refractivity contribution is 5.97. The van der Waals surface area contributed by atoms with Gasteiger partial charge in [-0.25, -0.2) is 0 Å². The fourth-order valence-electron chi connectivity index (χ4n) is 0.763. The van der Waals surface area contributed by atoms with Crippen molar-refractivity contribution in [1.82, 2.24) is 5.32 Å². The van der Waals surface area contributed by atoms with Crippen LogP contribution in [0.4, 0.5) is 0 Å². The smallest absolute Gasteiger partial charge is 0.253 e. The molecule has 0 spiro atoms. The summed E-state index contributed by atoms with van der Waals surface area (Å²) in [5, 5.41) is 11.4. The summed E-state index contributed by atoms with van der Waals surface area (Å²) in [4.78, 5) is 14.6. The molecule has 0 aliphatic carbocycles. The molecule has 0 bridgehead atoms. The number of carbonyl (C=O) groups excluding carboxylic acids is 1. The van der Waals surface area contributed by atoms with Crippen LogP contribution in [0.5, 0.6) is 0 Å². The van der Waals surface area contributed by atoms with Crippen molar-refractivity contribution in [2.75, 3.05) is 7.05 Å². The molecule has 13 heavy (non-hydrogen) atoms. The van der Waals surface area contributed by atoms with Gasteiger partial charge in [-0.2, -0.15) is 0 Å². The summed E-state index contributed by atoms with van der Waals surface area (Å²) in [6, 6.07) is 0. The number of aliphatic hydroxyl groups is 1. The van der Waals surface area contributed by atoms with E-state index in [0.29, 0.717) is 0 Å². The normalized spacial score (nSPS) is 11.2. The lowest BCUT2D eigenvalue weighted by Gasteiger charge is -2.04. The Labute approximate surface area is 77.0 Å². The number of nitrogens with zero attached hydrogens (tertiary/aromatic N) is 1. The van der Waals surface area contributed by atoms with Gasteiger partial charge >= 0.3 is 0 Å². The topological polar surface area (TPSA) is 61.7 Å². The van der Waals surface area contributed by atoms with Crippen molar-refractivity contribution < 1.29 is 9.90 Å². The molecule has 0 aliphatic rings. The van der Waals surface area contributed by atoms with Crippen molar-refractivity contribution >= 4 is 12.6 Å². The predicted molar refractivity (Wildman–Crippen MR) is 52.6 cm³/mol. The number of carbonyl (C=O) groups is 1. The molecule has 0 aromatic carbocycles. The number of aliphatic hydroxyl groups excluding tert-OH is 1. The van der Waals surface area contributed by atoms with Gasteiger partial charge in [-0.15, -0.1) is 0 Å². The molecule has 2 N–H and O–H groups in total. The van der Waals surface area contributed by atoms with Gasteiger partial charge in [0.25, 0.3) is 5.91 Å². The van der Waals surface area contributed by atoms with Crippen molar-refractivity contribution in [3.8, 4) is 0 Å². The van der Waals surface area contributed by atoms with E-state index >= 15 is 0 Å². The minimum atomic E-state index is -0.396. The third kappa shape index (κ3) is 2.59. The number of rotatable bonds is 4. The first kappa shape index (κ1) is 11.2. The highest BCUT2D eigenvalue weighted by Gasteiger charge is 2.11. The van der Waals surface area contributed by atoms with Crippen molar-refractivity contribution in [1.29, 1.82) is 0 Å². The molecule has 0 fully saturated rings. The lowest BCUT2D eigenvalue weighted by Crippen LogP contribution is -2.20. The van der Waals surface area contributed by atoms with Crippen LogP contribution in [0.1, 0.15) is 0 Å². The average molecular weight is 180 g/mol. The third-order valence-corrected chi connectivity index (χ3v) is 1.36. The Kier molecular flexibility index (Phi) is 4.23. The highest BCUT2D eigenvalue weighted by atomic mass is 16.3. The molecule has 0 aliphatic heterocycles. The second-order valence-electron chi connectivity index (χ2n) is 2.15. The molecule has 0 saturated carbocycles. The van der Waals surface area contributed by atoms with E-state index in [1.807, 2.05) is 0 Å². The van der Waals surface area contributed by atoms with Crippen molar-refractivity contribution in [3.63, 3.8) is 0 Å². The van der Waals surface area contributed by atoms with Crippen LogP contribution in [0, 0.1) is 0 Å². The summed E-state index contributed by atoms with van der Waals surface area (Å²) in [7, 11) is 1.46. The Morgan fingerprint density at radius 2 is 2.15 bits per heavy atom. The Hall–Kier alpha value is -1.84. The zero-order valence-corrected chi connectivity index (χ0v) is 7.50. The van der Waals surface area contributed by atoms with Crippen molar-refractivity contribution in [2.24, 2.45) is 4.99 Å². The van der Waals surface area contributed by atoms with Crippen molar-refractivity contribution in [3.05, 3.63) is 36.3 Å². The zero-order chi connectivity index (χ0) is 10.4. The van der Waals surface area contributed by atoms with E-state index in [0.717, 1.165) is 0 Å². The van der Waals surface area contributed by atoms with Crippen LogP contribution in [0.25, 0.3) is 0 Å². The molecule has 4 heteroatoms.